The molecule has 0 aromatic heterocycles. The topological polar surface area (TPSA) is 67.4 Å². The van der Waals surface area contributed by atoms with Gasteiger partial charge in [0, 0.05) is 11.7 Å². The minimum atomic E-state index is -0.386. The molecule has 3 unspecified atom stereocenters. The molecule has 0 radical (unpaired) electrons. The first kappa shape index (κ1) is 18.7. The Morgan fingerprint density at radius 1 is 1.25 bits per heavy atom. The van der Waals surface area contributed by atoms with E-state index in [4.69, 9.17) is 4.74 Å². The summed E-state index contributed by atoms with van der Waals surface area (Å²) in [6.07, 6.45) is 5.83. The zero-order valence-electron chi connectivity index (χ0n) is 14.1. The maximum atomic E-state index is 12.5. The Bertz CT molecular complexity index is 606. The summed E-state index contributed by atoms with van der Waals surface area (Å²) in [7, 11) is 1.36. The highest BCUT2D eigenvalue weighted by molar-refractivity contribution is 5.97. The molecule has 3 atom stereocenters. The Morgan fingerprint density at radius 3 is 2.71 bits per heavy atom. The molecule has 132 valence electrons. The van der Waals surface area contributed by atoms with Crippen molar-refractivity contribution < 1.29 is 14.3 Å². The lowest BCUT2D eigenvalue weighted by Gasteiger charge is -2.24. The lowest BCUT2D eigenvalue weighted by Crippen LogP contribution is -2.39. The van der Waals surface area contributed by atoms with E-state index in [1.54, 1.807) is 6.07 Å². The van der Waals surface area contributed by atoms with Crippen molar-refractivity contribution in [3.63, 3.8) is 0 Å². The number of anilines is 1. The highest BCUT2D eigenvalue weighted by Gasteiger charge is 2.38. The first-order valence-corrected chi connectivity index (χ1v) is 8.34. The molecular formula is C18H25ClN2O3. The van der Waals surface area contributed by atoms with Crippen LogP contribution in [0.1, 0.15) is 48.0 Å². The Balaban J connectivity index is 0.00000208. The monoisotopic (exact) mass is 352 g/mol. The normalized spacial score (nSPS) is 25.3. The van der Waals surface area contributed by atoms with Gasteiger partial charge in [0.15, 0.2) is 0 Å². The fourth-order valence-electron chi connectivity index (χ4n) is 3.78. The zero-order valence-corrected chi connectivity index (χ0v) is 14.9. The van der Waals surface area contributed by atoms with Crippen LogP contribution in [-0.2, 0) is 9.53 Å². The average molecular weight is 353 g/mol. The quantitative estimate of drug-likeness (QED) is 0.820. The van der Waals surface area contributed by atoms with Crippen LogP contribution in [0.2, 0.25) is 0 Å². The molecule has 0 bridgehead atoms. The van der Waals surface area contributed by atoms with Crippen LogP contribution >= 0.6 is 12.4 Å². The second-order valence-electron chi connectivity index (χ2n) is 6.62. The number of methoxy groups -OCH3 is 1. The van der Waals surface area contributed by atoms with Crippen LogP contribution in [0.5, 0.6) is 0 Å². The van der Waals surface area contributed by atoms with Crippen LogP contribution < -0.4 is 10.6 Å². The second kappa shape index (κ2) is 7.99. The summed E-state index contributed by atoms with van der Waals surface area (Å²) in [4.78, 5) is 24.3. The van der Waals surface area contributed by atoms with Gasteiger partial charge in [0.05, 0.1) is 18.7 Å². The summed E-state index contributed by atoms with van der Waals surface area (Å²) in [5.41, 5.74) is 1.95. The standard InChI is InChI=1S/C18H24N2O3.ClH/c1-11-7-8-13(10-14(11)18(22)23-2)19-17(21)16-9-12-5-3-4-6-15(12)20-16;/h7-8,10,12,15-16,20H,3-6,9H2,1-2H3,(H,19,21);1H. The van der Waals surface area contributed by atoms with Gasteiger partial charge in [0.1, 0.15) is 0 Å². The lowest BCUT2D eigenvalue weighted by atomic mass is 9.85. The number of nitrogens with one attached hydrogen (secondary N) is 2. The number of hydrogen-bond donors (Lipinski definition) is 2. The Labute approximate surface area is 148 Å². The van der Waals surface area contributed by atoms with Gasteiger partial charge in [-0.25, -0.2) is 4.79 Å². The number of aryl methyl sites for hydroxylation is 1. The van der Waals surface area contributed by atoms with E-state index >= 15 is 0 Å². The van der Waals surface area contributed by atoms with E-state index in [0.29, 0.717) is 23.2 Å². The summed E-state index contributed by atoms with van der Waals surface area (Å²) in [5.74, 6) is 0.228. The van der Waals surface area contributed by atoms with Crippen molar-refractivity contribution in [2.45, 2.75) is 51.1 Å². The third kappa shape index (κ3) is 3.90. The second-order valence-corrected chi connectivity index (χ2v) is 6.62. The minimum Gasteiger partial charge on any atom is -0.465 e. The largest absolute Gasteiger partial charge is 0.465 e. The number of amides is 1. The van der Waals surface area contributed by atoms with Crippen LogP contribution in [-0.4, -0.2) is 31.1 Å². The summed E-state index contributed by atoms with van der Waals surface area (Å²) in [5, 5.41) is 6.40. The Kier molecular flexibility index (Phi) is 6.24. The van der Waals surface area contributed by atoms with Crippen LogP contribution in [0.25, 0.3) is 0 Å². The first-order chi connectivity index (χ1) is 11.1. The zero-order chi connectivity index (χ0) is 16.4. The Morgan fingerprint density at radius 2 is 2.00 bits per heavy atom. The number of rotatable bonds is 3. The van der Waals surface area contributed by atoms with E-state index in [2.05, 4.69) is 10.6 Å². The molecule has 2 aliphatic rings. The molecule has 1 saturated heterocycles. The number of carbonyl (C=O) groups excluding carboxylic acids is 2. The van der Waals surface area contributed by atoms with Gasteiger partial charge >= 0.3 is 5.97 Å². The van der Waals surface area contributed by atoms with Crippen LogP contribution in [0.15, 0.2) is 18.2 Å². The summed E-state index contributed by atoms with van der Waals surface area (Å²) >= 11 is 0. The molecule has 1 saturated carbocycles. The van der Waals surface area contributed by atoms with Crippen molar-refractivity contribution >= 4 is 30.0 Å². The number of hydrogen-bond acceptors (Lipinski definition) is 4. The molecule has 2 N–H and O–H groups in total. The van der Waals surface area contributed by atoms with Gasteiger partial charge in [-0.3, -0.25) is 4.79 Å². The molecule has 3 rings (SSSR count). The summed E-state index contributed by atoms with van der Waals surface area (Å²) in [6, 6.07) is 5.68. The van der Waals surface area contributed by atoms with Gasteiger partial charge in [-0.1, -0.05) is 18.9 Å². The molecule has 1 amide bonds. The van der Waals surface area contributed by atoms with Gasteiger partial charge in [0.25, 0.3) is 0 Å². The van der Waals surface area contributed by atoms with E-state index in [9.17, 15) is 9.59 Å². The Hall–Kier alpha value is -1.59. The van der Waals surface area contributed by atoms with E-state index in [0.717, 1.165) is 12.0 Å². The molecule has 6 heteroatoms. The number of carbonyl (C=O) groups is 2. The smallest absolute Gasteiger partial charge is 0.338 e. The van der Waals surface area contributed by atoms with Gasteiger partial charge in [0.2, 0.25) is 5.91 Å². The molecule has 1 heterocycles. The number of fused-ring (bicyclic) bond motifs is 1. The van der Waals surface area contributed by atoms with Crippen molar-refractivity contribution in [1.29, 1.82) is 0 Å². The van der Waals surface area contributed by atoms with Gasteiger partial charge in [-0.2, -0.15) is 0 Å². The summed E-state index contributed by atoms with van der Waals surface area (Å²) < 4.78 is 4.78. The predicted octanol–water partition coefficient (Wildman–Crippen LogP) is 3.06. The van der Waals surface area contributed by atoms with Crippen LogP contribution in [0.4, 0.5) is 5.69 Å². The third-order valence-electron chi connectivity index (χ3n) is 5.09. The third-order valence-corrected chi connectivity index (χ3v) is 5.09. The molecule has 24 heavy (non-hydrogen) atoms. The predicted molar refractivity (Wildman–Crippen MR) is 95.7 cm³/mol. The van der Waals surface area contributed by atoms with Crippen LogP contribution in [0.3, 0.4) is 0 Å². The SMILES string of the molecule is COC(=O)c1cc(NC(=O)C2CC3CCCCC3N2)ccc1C.Cl. The van der Waals surface area contributed by atoms with E-state index in [-0.39, 0.29) is 30.3 Å². The molecule has 1 aliphatic heterocycles. The van der Waals surface area contributed by atoms with Gasteiger partial charge < -0.3 is 15.4 Å². The maximum absolute atomic E-state index is 12.5. The van der Waals surface area contributed by atoms with E-state index in [1.165, 1.54) is 32.8 Å². The highest BCUT2D eigenvalue weighted by Crippen LogP contribution is 2.33. The van der Waals surface area contributed by atoms with Crippen molar-refractivity contribution in [2.24, 2.45) is 5.92 Å². The van der Waals surface area contributed by atoms with E-state index < -0.39 is 0 Å². The number of halogens is 1. The number of esters is 1. The molecular weight excluding hydrogens is 328 g/mol. The fraction of sp³-hybridized carbons (Fsp3) is 0.556. The lowest BCUT2D eigenvalue weighted by molar-refractivity contribution is -0.117. The number of benzene rings is 1. The molecule has 1 aromatic carbocycles. The fourth-order valence-corrected chi connectivity index (χ4v) is 3.78. The van der Waals surface area contributed by atoms with Crippen molar-refractivity contribution in [3.8, 4) is 0 Å². The highest BCUT2D eigenvalue weighted by atomic mass is 35.5. The van der Waals surface area contributed by atoms with Crippen LogP contribution in [0, 0.1) is 12.8 Å². The first-order valence-electron chi connectivity index (χ1n) is 8.34. The average Bonchev–Trinajstić information content (AvgIpc) is 3.00. The van der Waals surface area contributed by atoms with E-state index in [1.807, 2.05) is 19.1 Å². The minimum absolute atomic E-state index is 0. The molecule has 2 fully saturated rings. The van der Waals surface area contributed by atoms with Crippen molar-refractivity contribution in [3.05, 3.63) is 29.3 Å². The van der Waals surface area contributed by atoms with Crippen molar-refractivity contribution in [1.82, 2.24) is 5.32 Å². The van der Waals surface area contributed by atoms with Gasteiger partial charge in [-0.05, 0) is 49.8 Å². The van der Waals surface area contributed by atoms with Gasteiger partial charge in [-0.15, -0.1) is 12.4 Å². The molecule has 1 aliphatic carbocycles. The molecule has 5 nitrogen and oxygen atoms in total. The molecule has 0 spiro atoms. The van der Waals surface area contributed by atoms with Crippen molar-refractivity contribution in [2.75, 3.05) is 12.4 Å². The maximum Gasteiger partial charge on any atom is 0.338 e. The number of ether oxygens (including phenoxy) is 1. The summed E-state index contributed by atoms with van der Waals surface area (Å²) in [6.45, 7) is 1.85. The molecule has 1 aromatic rings.